The van der Waals surface area contributed by atoms with Crippen LogP contribution in [-0.2, 0) is 13.1 Å². The van der Waals surface area contributed by atoms with Crippen molar-refractivity contribution in [2.24, 2.45) is 0 Å². The molecule has 0 aliphatic rings. The average molecular weight is 353 g/mol. The summed E-state index contributed by atoms with van der Waals surface area (Å²) >= 11 is 5.36. The smallest absolute Gasteiger partial charge is 0.0505 e. The Bertz CT molecular complexity index is 535. The first kappa shape index (κ1) is 15.5. The summed E-state index contributed by atoms with van der Waals surface area (Å²) in [5.74, 6) is 0. The van der Waals surface area contributed by atoms with Crippen LogP contribution in [0.2, 0.25) is 0 Å². The first-order chi connectivity index (χ1) is 9.74. The Morgan fingerprint density at radius 2 is 1.90 bits per heavy atom. The van der Waals surface area contributed by atoms with Gasteiger partial charge in [-0.2, -0.15) is 0 Å². The molecule has 0 saturated heterocycles. The van der Waals surface area contributed by atoms with Crippen LogP contribution in [0.25, 0.3) is 0 Å². The Kier molecular flexibility index (Phi) is 6.07. The van der Waals surface area contributed by atoms with Crippen LogP contribution in [-0.4, -0.2) is 18.0 Å². The Morgan fingerprint density at radius 1 is 1.15 bits per heavy atom. The predicted octanol–water partition coefficient (Wildman–Crippen LogP) is 4.96. The van der Waals surface area contributed by atoms with Crippen molar-refractivity contribution in [2.45, 2.75) is 26.9 Å². The van der Waals surface area contributed by atoms with E-state index in [9.17, 15) is 0 Å². The van der Waals surface area contributed by atoms with E-state index >= 15 is 0 Å². The molecule has 0 unspecified atom stereocenters. The van der Waals surface area contributed by atoms with E-state index in [0.717, 1.165) is 26.2 Å². The lowest BCUT2D eigenvalue weighted by molar-refractivity contribution is 0.296. The molecule has 0 spiro atoms. The third kappa shape index (κ3) is 4.08. The van der Waals surface area contributed by atoms with Crippen molar-refractivity contribution >= 4 is 33.0 Å². The topological polar surface area (TPSA) is 15.3 Å². The number of nitrogens with zero attached hydrogens (tertiary/aromatic N) is 1. The van der Waals surface area contributed by atoms with Crippen LogP contribution in [0.5, 0.6) is 0 Å². The molecule has 0 saturated carbocycles. The maximum atomic E-state index is 3.58. The Hall–Kier alpha value is -0.840. The van der Waals surface area contributed by atoms with E-state index in [1.54, 1.807) is 11.3 Å². The minimum atomic E-state index is 0.869. The third-order valence-electron chi connectivity index (χ3n) is 3.44. The third-order valence-corrected chi connectivity index (χ3v) is 5.36. The molecule has 0 aliphatic carbocycles. The van der Waals surface area contributed by atoms with Crippen LogP contribution in [0, 0.1) is 0 Å². The van der Waals surface area contributed by atoms with Gasteiger partial charge in [0.25, 0.3) is 0 Å². The maximum Gasteiger partial charge on any atom is 0.0505 e. The Balaban J connectivity index is 2.06. The molecule has 1 aromatic carbocycles. The van der Waals surface area contributed by atoms with Crippen LogP contribution in [0.3, 0.4) is 0 Å². The molecule has 1 N–H and O–H groups in total. The molecule has 2 aromatic rings. The predicted molar refractivity (Wildman–Crippen MR) is 92.4 cm³/mol. The summed E-state index contributed by atoms with van der Waals surface area (Å²) in [6, 6.07) is 10.7. The number of para-hydroxylation sites is 1. The monoisotopic (exact) mass is 352 g/mol. The second kappa shape index (κ2) is 7.81. The van der Waals surface area contributed by atoms with Gasteiger partial charge in [0.05, 0.1) is 6.54 Å². The van der Waals surface area contributed by atoms with Crippen LogP contribution in [0.1, 0.15) is 24.3 Å². The highest BCUT2D eigenvalue weighted by Gasteiger charge is 2.07. The van der Waals surface area contributed by atoms with Gasteiger partial charge in [-0.1, -0.05) is 32.0 Å². The lowest BCUT2D eigenvalue weighted by Gasteiger charge is -2.20. The van der Waals surface area contributed by atoms with Crippen molar-refractivity contribution < 1.29 is 0 Å². The zero-order chi connectivity index (χ0) is 14.4. The van der Waals surface area contributed by atoms with Gasteiger partial charge < -0.3 is 5.32 Å². The number of halogens is 1. The largest absolute Gasteiger partial charge is 0.380 e. The molecule has 0 atom stereocenters. The van der Waals surface area contributed by atoms with Gasteiger partial charge in [0, 0.05) is 21.6 Å². The molecule has 0 aliphatic heterocycles. The van der Waals surface area contributed by atoms with Gasteiger partial charge in [0.1, 0.15) is 0 Å². The Labute approximate surface area is 133 Å². The molecule has 20 heavy (non-hydrogen) atoms. The van der Waals surface area contributed by atoms with Gasteiger partial charge in [0.15, 0.2) is 0 Å². The van der Waals surface area contributed by atoms with Crippen LogP contribution in [0.15, 0.2) is 40.2 Å². The number of nitrogens with one attached hydrogen (secondary N) is 1. The van der Waals surface area contributed by atoms with Gasteiger partial charge in [-0.15, -0.1) is 11.3 Å². The van der Waals surface area contributed by atoms with Crippen molar-refractivity contribution in [1.29, 1.82) is 0 Å². The van der Waals surface area contributed by atoms with E-state index in [0.29, 0.717) is 0 Å². The minimum Gasteiger partial charge on any atom is -0.380 e. The molecule has 1 heterocycles. The van der Waals surface area contributed by atoms with Crippen molar-refractivity contribution in [3.05, 3.63) is 50.6 Å². The molecule has 4 heteroatoms. The zero-order valence-electron chi connectivity index (χ0n) is 12.0. The van der Waals surface area contributed by atoms with Gasteiger partial charge in [0.2, 0.25) is 0 Å². The van der Waals surface area contributed by atoms with Crippen LogP contribution < -0.4 is 5.32 Å². The zero-order valence-corrected chi connectivity index (χ0v) is 14.4. The maximum absolute atomic E-state index is 3.58. The van der Waals surface area contributed by atoms with E-state index in [1.165, 1.54) is 20.6 Å². The van der Waals surface area contributed by atoms with E-state index < -0.39 is 0 Å². The van der Waals surface area contributed by atoms with Crippen molar-refractivity contribution in [3.8, 4) is 0 Å². The Morgan fingerprint density at radius 3 is 2.55 bits per heavy atom. The van der Waals surface area contributed by atoms with Gasteiger partial charge in [-0.3, -0.25) is 4.90 Å². The SMILES string of the molecule is CCN(CC)Cc1ccccc1NCc1sccc1Br. The van der Waals surface area contributed by atoms with Gasteiger partial charge in [-0.25, -0.2) is 0 Å². The highest BCUT2D eigenvalue weighted by Crippen LogP contribution is 2.25. The lowest BCUT2D eigenvalue weighted by atomic mass is 10.1. The summed E-state index contributed by atoms with van der Waals surface area (Å²) in [5, 5.41) is 5.68. The quantitative estimate of drug-likeness (QED) is 0.756. The average Bonchev–Trinajstić information content (AvgIpc) is 2.89. The minimum absolute atomic E-state index is 0.869. The van der Waals surface area contributed by atoms with Crippen LogP contribution in [0.4, 0.5) is 5.69 Å². The molecule has 0 fully saturated rings. The fraction of sp³-hybridized carbons (Fsp3) is 0.375. The number of hydrogen-bond acceptors (Lipinski definition) is 3. The summed E-state index contributed by atoms with van der Waals surface area (Å²) in [5.41, 5.74) is 2.60. The molecule has 0 bridgehead atoms. The normalized spacial score (nSPS) is 11.0. The fourth-order valence-electron chi connectivity index (χ4n) is 2.15. The molecule has 2 rings (SSSR count). The number of thiophene rings is 1. The summed E-state index contributed by atoms with van der Waals surface area (Å²) in [4.78, 5) is 3.77. The number of hydrogen-bond donors (Lipinski definition) is 1. The molecule has 0 radical (unpaired) electrons. The first-order valence-corrected chi connectivity index (χ1v) is 8.67. The summed E-state index contributed by atoms with van der Waals surface area (Å²) < 4.78 is 1.19. The second-order valence-electron chi connectivity index (χ2n) is 4.66. The van der Waals surface area contributed by atoms with E-state index in [2.05, 4.69) is 75.7 Å². The highest BCUT2D eigenvalue weighted by atomic mass is 79.9. The summed E-state index contributed by atoms with van der Waals surface area (Å²) in [7, 11) is 0. The molecule has 1 aromatic heterocycles. The summed E-state index contributed by atoms with van der Waals surface area (Å²) in [6.07, 6.45) is 0. The van der Waals surface area contributed by atoms with Crippen molar-refractivity contribution in [3.63, 3.8) is 0 Å². The van der Waals surface area contributed by atoms with Crippen molar-refractivity contribution in [1.82, 2.24) is 4.90 Å². The number of benzene rings is 1. The van der Waals surface area contributed by atoms with Gasteiger partial charge >= 0.3 is 0 Å². The van der Waals surface area contributed by atoms with Crippen molar-refractivity contribution in [2.75, 3.05) is 18.4 Å². The summed E-state index contributed by atoms with van der Waals surface area (Å²) in [6.45, 7) is 8.46. The fourth-order valence-corrected chi connectivity index (χ4v) is 3.58. The molecule has 0 amide bonds. The van der Waals surface area contributed by atoms with E-state index in [-0.39, 0.29) is 0 Å². The molecular weight excluding hydrogens is 332 g/mol. The standard InChI is InChI=1S/C16H21BrN2S/c1-3-19(4-2)12-13-7-5-6-8-15(13)18-11-16-14(17)9-10-20-16/h5-10,18H,3-4,11-12H2,1-2H3. The number of rotatable bonds is 7. The van der Waals surface area contributed by atoms with Gasteiger partial charge in [-0.05, 0) is 52.1 Å². The lowest BCUT2D eigenvalue weighted by Crippen LogP contribution is -2.22. The first-order valence-electron chi connectivity index (χ1n) is 7.00. The number of anilines is 1. The second-order valence-corrected chi connectivity index (χ2v) is 6.52. The van der Waals surface area contributed by atoms with E-state index in [1.807, 2.05) is 0 Å². The van der Waals surface area contributed by atoms with Crippen LogP contribution >= 0.6 is 27.3 Å². The highest BCUT2D eigenvalue weighted by molar-refractivity contribution is 9.10. The molecule has 2 nitrogen and oxygen atoms in total. The van der Waals surface area contributed by atoms with E-state index in [4.69, 9.17) is 0 Å². The molecular formula is C16H21BrN2S. The molecule has 108 valence electrons.